The van der Waals surface area contributed by atoms with E-state index in [1.807, 2.05) is 4.68 Å². The number of esters is 1. The van der Waals surface area contributed by atoms with E-state index in [0.717, 1.165) is 36.0 Å². The van der Waals surface area contributed by atoms with Crippen molar-refractivity contribution in [2.75, 3.05) is 7.11 Å². The van der Waals surface area contributed by atoms with Crippen molar-refractivity contribution < 1.29 is 9.53 Å². The lowest BCUT2D eigenvalue weighted by atomic mass is 10.0. The molecule has 0 aliphatic carbocycles. The molecule has 1 aliphatic heterocycles. The second-order valence-electron chi connectivity index (χ2n) is 6.15. The minimum Gasteiger partial charge on any atom is -0.465 e. The molecule has 0 unspecified atom stereocenters. The highest BCUT2D eigenvalue weighted by molar-refractivity contribution is 9.10. The largest absolute Gasteiger partial charge is 0.465 e. The Labute approximate surface area is 156 Å². The lowest BCUT2D eigenvalue weighted by Gasteiger charge is -2.13. The van der Waals surface area contributed by atoms with Crippen LogP contribution < -0.4 is 5.56 Å². The maximum Gasteiger partial charge on any atom is 0.341 e. The summed E-state index contributed by atoms with van der Waals surface area (Å²) in [6.45, 7) is 0.823. The molecule has 0 radical (unpaired) electrons. The van der Waals surface area contributed by atoms with Gasteiger partial charge in [0.1, 0.15) is 11.1 Å². The summed E-state index contributed by atoms with van der Waals surface area (Å²) < 4.78 is 8.79. The molecule has 4 rings (SSSR count). The third kappa shape index (κ3) is 2.82. The minimum absolute atomic E-state index is 0.0682. The molecule has 0 atom stereocenters. The van der Waals surface area contributed by atoms with Gasteiger partial charge in [0.15, 0.2) is 0 Å². The number of fused-ring (bicyclic) bond motifs is 2. The fourth-order valence-corrected chi connectivity index (χ4v) is 3.65. The first-order valence-corrected chi connectivity index (χ1v) is 9.07. The van der Waals surface area contributed by atoms with E-state index in [1.165, 1.54) is 11.8 Å². The van der Waals surface area contributed by atoms with Crippen LogP contribution in [0.4, 0.5) is 0 Å². The Morgan fingerprint density at radius 1 is 1.35 bits per heavy atom. The first-order chi connectivity index (χ1) is 12.6. The highest BCUT2D eigenvalue weighted by Crippen LogP contribution is 2.23. The Hall–Kier alpha value is -2.55. The number of hydrogen-bond donors (Lipinski definition) is 0. The van der Waals surface area contributed by atoms with Gasteiger partial charge in [-0.15, -0.1) is 5.10 Å². The zero-order chi connectivity index (χ0) is 18.3. The van der Waals surface area contributed by atoms with Crippen molar-refractivity contribution in [3.05, 3.63) is 50.0 Å². The maximum atomic E-state index is 12.8. The summed E-state index contributed by atoms with van der Waals surface area (Å²) >= 11 is 3.36. The van der Waals surface area contributed by atoms with E-state index in [2.05, 4.69) is 31.3 Å². The van der Waals surface area contributed by atoms with Gasteiger partial charge >= 0.3 is 5.97 Å². The Morgan fingerprint density at radius 2 is 2.19 bits per heavy atom. The van der Waals surface area contributed by atoms with Crippen LogP contribution in [-0.4, -0.2) is 37.9 Å². The molecule has 0 bridgehead atoms. The number of aryl methyl sites for hydroxylation is 1. The molecule has 1 aromatic carbocycles. The number of aromatic nitrogens is 5. The predicted molar refractivity (Wildman–Crippen MR) is 97.1 cm³/mol. The number of halogens is 1. The Morgan fingerprint density at radius 3 is 3.00 bits per heavy atom. The third-order valence-corrected chi connectivity index (χ3v) is 5.03. The van der Waals surface area contributed by atoms with E-state index in [1.54, 1.807) is 18.2 Å². The molecule has 9 heteroatoms. The van der Waals surface area contributed by atoms with Crippen LogP contribution in [0.2, 0.25) is 0 Å². The second kappa shape index (κ2) is 6.64. The maximum absolute atomic E-state index is 12.8. The molecule has 26 heavy (non-hydrogen) atoms. The quantitative estimate of drug-likeness (QED) is 0.604. The van der Waals surface area contributed by atoms with Gasteiger partial charge in [0.2, 0.25) is 0 Å². The first kappa shape index (κ1) is 16.9. The molecule has 0 saturated carbocycles. The fraction of sp³-hybridized carbons (Fsp3) is 0.353. The monoisotopic (exact) mass is 417 g/mol. The molecule has 2 aromatic heterocycles. The van der Waals surface area contributed by atoms with Crippen LogP contribution in [0.15, 0.2) is 27.5 Å². The summed E-state index contributed by atoms with van der Waals surface area (Å²) in [6, 6.07) is 5.25. The zero-order valence-electron chi connectivity index (χ0n) is 14.1. The molecule has 0 saturated heterocycles. The molecule has 0 amide bonds. The van der Waals surface area contributed by atoms with E-state index in [0.29, 0.717) is 22.2 Å². The average molecular weight is 418 g/mol. The minimum atomic E-state index is -0.437. The Kier molecular flexibility index (Phi) is 4.31. The van der Waals surface area contributed by atoms with Crippen molar-refractivity contribution >= 4 is 32.8 Å². The van der Waals surface area contributed by atoms with Crippen molar-refractivity contribution in [2.24, 2.45) is 0 Å². The highest BCUT2D eigenvalue weighted by atomic mass is 79.9. The van der Waals surface area contributed by atoms with Gasteiger partial charge in [-0.3, -0.25) is 9.48 Å². The summed E-state index contributed by atoms with van der Waals surface area (Å²) in [5, 5.41) is 13.1. The topological polar surface area (TPSA) is 91.9 Å². The normalized spacial score (nSPS) is 13.6. The van der Waals surface area contributed by atoms with Crippen LogP contribution in [0.3, 0.4) is 0 Å². The van der Waals surface area contributed by atoms with Gasteiger partial charge in [-0.2, -0.15) is 5.10 Å². The molecule has 0 N–H and O–H groups in total. The van der Waals surface area contributed by atoms with E-state index in [9.17, 15) is 9.59 Å². The van der Waals surface area contributed by atoms with Crippen LogP contribution in [-0.2, 0) is 24.2 Å². The summed E-state index contributed by atoms with van der Waals surface area (Å²) in [6.07, 6.45) is 2.78. The number of ether oxygens (including phenoxy) is 1. The number of methoxy groups -OCH3 is 1. The van der Waals surface area contributed by atoms with E-state index >= 15 is 0 Å². The predicted octanol–water partition coefficient (Wildman–Crippen LogP) is 1.92. The molecular weight excluding hydrogens is 402 g/mol. The number of benzene rings is 1. The van der Waals surface area contributed by atoms with E-state index in [-0.39, 0.29) is 12.1 Å². The molecule has 0 spiro atoms. The van der Waals surface area contributed by atoms with Crippen molar-refractivity contribution in [1.29, 1.82) is 0 Å². The number of rotatable bonds is 3. The van der Waals surface area contributed by atoms with Gasteiger partial charge in [0.05, 0.1) is 30.4 Å². The van der Waals surface area contributed by atoms with Crippen LogP contribution in [0.1, 0.15) is 34.6 Å². The molecule has 1 aliphatic rings. The number of hydrogen-bond acceptors (Lipinski definition) is 6. The molecule has 3 aromatic rings. The van der Waals surface area contributed by atoms with Gasteiger partial charge in [0.25, 0.3) is 5.56 Å². The van der Waals surface area contributed by atoms with Crippen LogP contribution in [0.25, 0.3) is 10.9 Å². The molecule has 0 fully saturated rings. The number of nitrogens with zero attached hydrogens (tertiary/aromatic N) is 5. The van der Waals surface area contributed by atoms with E-state index in [4.69, 9.17) is 4.74 Å². The van der Waals surface area contributed by atoms with Gasteiger partial charge in [-0.1, -0.05) is 21.1 Å². The summed E-state index contributed by atoms with van der Waals surface area (Å²) in [7, 11) is 1.35. The van der Waals surface area contributed by atoms with Crippen molar-refractivity contribution in [1.82, 2.24) is 24.8 Å². The lowest BCUT2D eigenvalue weighted by Crippen LogP contribution is -2.26. The fourth-order valence-electron chi connectivity index (χ4n) is 3.29. The van der Waals surface area contributed by atoms with Gasteiger partial charge < -0.3 is 4.74 Å². The molecular formula is C17H16BrN5O3. The first-order valence-electron chi connectivity index (χ1n) is 8.28. The second-order valence-corrected chi connectivity index (χ2v) is 7.07. The molecule has 8 nitrogen and oxygen atoms in total. The number of carbonyl (C=O) groups excluding carboxylic acids is 1. The van der Waals surface area contributed by atoms with Crippen molar-refractivity contribution in [3.8, 4) is 0 Å². The summed E-state index contributed by atoms with van der Waals surface area (Å²) in [5.41, 5.74) is 2.03. The molecule has 3 heterocycles. The molecule has 134 valence electrons. The standard InChI is InChI=1S/C17H16BrN5O3/c1-26-17(25)15-13(20-22-7-3-2-4-14(15)22)9-23-16(24)11-8-10(18)5-6-12(11)19-21-23/h5-6,8H,2-4,7,9H2,1H3. The van der Waals surface area contributed by atoms with Crippen LogP contribution in [0.5, 0.6) is 0 Å². The lowest BCUT2D eigenvalue weighted by molar-refractivity contribution is 0.0597. The third-order valence-electron chi connectivity index (χ3n) is 4.54. The average Bonchev–Trinajstić information content (AvgIpc) is 3.01. The van der Waals surface area contributed by atoms with E-state index < -0.39 is 5.97 Å². The zero-order valence-corrected chi connectivity index (χ0v) is 15.7. The summed E-state index contributed by atoms with van der Waals surface area (Å²) in [4.78, 5) is 25.1. The van der Waals surface area contributed by atoms with Crippen LogP contribution >= 0.6 is 15.9 Å². The van der Waals surface area contributed by atoms with Crippen molar-refractivity contribution in [2.45, 2.75) is 32.4 Å². The van der Waals surface area contributed by atoms with Crippen LogP contribution in [0, 0.1) is 0 Å². The van der Waals surface area contributed by atoms with Gasteiger partial charge in [-0.05, 0) is 37.5 Å². The van der Waals surface area contributed by atoms with Gasteiger partial charge in [-0.25, -0.2) is 9.48 Å². The number of carbonyl (C=O) groups is 1. The summed E-state index contributed by atoms with van der Waals surface area (Å²) in [5.74, 6) is -0.437. The van der Waals surface area contributed by atoms with Gasteiger partial charge in [0, 0.05) is 11.0 Å². The van der Waals surface area contributed by atoms with Crippen molar-refractivity contribution in [3.63, 3.8) is 0 Å². The highest BCUT2D eigenvalue weighted by Gasteiger charge is 2.26. The Balaban J connectivity index is 1.82. The SMILES string of the molecule is COC(=O)c1c(Cn2nnc3ccc(Br)cc3c2=O)nn2c1CCCC2. The smallest absolute Gasteiger partial charge is 0.341 e. The Bertz CT molecular complexity index is 1070.